The van der Waals surface area contributed by atoms with Gasteiger partial charge in [0.2, 0.25) is 0 Å². The largest absolute Gasteiger partial charge is 0.476 e. The van der Waals surface area contributed by atoms with Crippen LogP contribution in [0.2, 0.25) is 0 Å². The van der Waals surface area contributed by atoms with Crippen LogP contribution in [0.15, 0.2) is 29.6 Å². The zero-order valence-electron chi connectivity index (χ0n) is 15.1. The minimum absolute atomic E-state index is 0.0393. The van der Waals surface area contributed by atoms with Crippen molar-refractivity contribution < 1.29 is 24.2 Å². The van der Waals surface area contributed by atoms with Crippen molar-refractivity contribution in [3.8, 4) is 22.0 Å². The van der Waals surface area contributed by atoms with Crippen molar-refractivity contribution in [1.29, 1.82) is 0 Å². The summed E-state index contributed by atoms with van der Waals surface area (Å²) in [6.07, 6.45) is 0.320. The fourth-order valence-corrected chi connectivity index (χ4v) is 4.18. The molecule has 29 heavy (non-hydrogen) atoms. The number of amides is 1. The molecule has 150 valence electrons. The fourth-order valence-electron chi connectivity index (χ4n) is 3.39. The number of imidazole rings is 1. The van der Waals surface area contributed by atoms with Gasteiger partial charge < -0.3 is 20.1 Å². The van der Waals surface area contributed by atoms with Gasteiger partial charge in [0.05, 0.1) is 5.69 Å². The van der Waals surface area contributed by atoms with E-state index in [1.165, 1.54) is 33.7 Å². The van der Waals surface area contributed by atoms with Gasteiger partial charge in [0.1, 0.15) is 22.3 Å². The van der Waals surface area contributed by atoms with E-state index in [2.05, 4.69) is 9.97 Å². The number of aromatic carboxylic acids is 1. The number of thiazole rings is 1. The van der Waals surface area contributed by atoms with Crippen molar-refractivity contribution in [1.82, 2.24) is 19.9 Å². The number of carbonyl (C=O) groups is 2. The van der Waals surface area contributed by atoms with Gasteiger partial charge in [-0.3, -0.25) is 0 Å². The highest BCUT2D eigenvalue weighted by Gasteiger charge is 2.27. The molecule has 8 nitrogen and oxygen atoms in total. The molecule has 0 atom stereocenters. The molecule has 1 aliphatic heterocycles. The van der Waals surface area contributed by atoms with Crippen LogP contribution in [0.25, 0.3) is 22.0 Å². The summed E-state index contributed by atoms with van der Waals surface area (Å²) in [4.78, 5) is 35.8. The predicted octanol–water partition coefficient (Wildman–Crippen LogP) is 3.89. The van der Waals surface area contributed by atoms with E-state index in [1.54, 1.807) is 12.1 Å². The average Bonchev–Trinajstić information content (AvgIpc) is 3.36. The third kappa shape index (κ3) is 3.83. The summed E-state index contributed by atoms with van der Waals surface area (Å²) in [6, 6.07) is 5.89. The van der Waals surface area contributed by atoms with Crippen LogP contribution >= 0.6 is 11.3 Å². The van der Waals surface area contributed by atoms with Gasteiger partial charge in [-0.15, -0.1) is 11.3 Å². The lowest BCUT2D eigenvalue weighted by atomic mass is 9.96. The Bertz CT molecular complexity index is 1050. The molecular formula is C19H17FN4O4S. The Morgan fingerprint density at radius 2 is 1.83 bits per heavy atom. The smallest absolute Gasteiger partial charge is 0.407 e. The van der Waals surface area contributed by atoms with Gasteiger partial charge >= 0.3 is 12.1 Å². The van der Waals surface area contributed by atoms with Crippen LogP contribution in [0.1, 0.15) is 35.1 Å². The monoisotopic (exact) mass is 416 g/mol. The summed E-state index contributed by atoms with van der Waals surface area (Å²) in [5, 5.41) is 20.2. The van der Waals surface area contributed by atoms with Crippen molar-refractivity contribution in [3.05, 3.63) is 47.0 Å². The van der Waals surface area contributed by atoms with E-state index in [1.807, 2.05) is 0 Å². The zero-order chi connectivity index (χ0) is 20.5. The lowest BCUT2D eigenvalue weighted by Gasteiger charge is -2.28. The standard InChI is InChI=1S/C19H17FN4O4S/c20-12-3-1-10(2-4-12)14-15(17-21-13(9-29-17)18(25)26)23-16(22-14)11-5-7-24(8-6-11)19(27)28/h1-4,9,11H,5-8H2,(H,22,23)(H,25,26)(H,27,28). The Hall–Kier alpha value is -3.27. The summed E-state index contributed by atoms with van der Waals surface area (Å²) in [6.45, 7) is 0.838. The molecule has 1 saturated heterocycles. The molecule has 4 rings (SSSR count). The third-order valence-corrected chi connectivity index (χ3v) is 5.79. The second kappa shape index (κ2) is 7.63. The second-order valence-electron chi connectivity index (χ2n) is 6.74. The molecular weight excluding hydrogens is 399 g/mol. The Labute approximate surface area is 168 Å². The minimum Gasteiger partial charge on any atom is -0.476 e. The van der Waals surface area contributed by atoms with E-state index in [4.69, 9.17) is 15.2 Å². The molecule has 0 bridgehead atoms. The number of benzene rings is 1. The maximum atomic E-state index is 13.4. The number of rotatable bonds is 4. The number of H-pyrrole nitrogens is 1. The Morgan fingerprint density at radius 1 is 1.14 bits per heavy atom. The maximum Gasteiger partial charge on any atom is 0.407 e. The van der Waals surface area contributed by atoms with Gasteiger partial charge in [-0.05, 0) is 37.1 Å². The summed E-state index contributed by atoms with van der Waals surface area (Å²) < 4.78 is 13.4. The second-order valence-corrected chi connectivity index (χ2v) is 7.60. The first kappa shape index (κ1) is 19.1. The predicted molar refractivity (Wildman–Crippen MR) is 104 cm³/mol. The quantitative estimate of drug-likeness (QED) is 0.593. The van der Waals surface area contributed by atoms with Gasteiger partial charge in [-0.25, -0.2) is 23.9 Å². The molecule has 1 aromatic carbocycles. The lowest BCUT2D eigenvalue weighted by molar-refractivity contribution is 0.0691. The number of hydrogen-bond donors (Lipinski definition) is 3. The molecule has 0 unspecified atom stereocenters. The van der Waals surface area contributed by atoms with Gasteiger partial charge in [0.15, 0.2) is 5.69 Å². The van der Waals surface area contributed by atoms with E-state index < -0.39 is 12.1 Å². The van der Waals surface area contributed by atoms with Crippen LogP contribution in [0, 0.1) is 5.82 Å². The molecule has 0 saturated carbocycles. The van der Waals surface area contributed by atoms with Gasteiger partial charge in [-0.1, -0.05) is 0 Å². The van der Waals surface area contributed by atoms with E-state index in [0.717, 1.165) is 0 Å². The van der Waals surface area contributed by atoms with Crippen molar-refractivity contribution in [2.24, 2.45) is 0 Å². The molecule has 1 fully saturated rings. The number of aromatic nitrogens is 3. The van der Waals surface area contributed by atoms with Crippen LogP contribution in [0.3, 0.4) is 0 Å². The van der Waals surface area contributed by atoms with Gasteiger partial charge in [0.25, 0.3) is 0 Å². The van der Waals surface area contributed by atoms with Crippen molar-refractivity contribution >= 4 is 23.4 Å². The number of halogens is 1. The van der Waals surface area contributed by atoms with Crippen LogP contribution in [-0.4, -0.2) is 55.2 Å². The first-order chi connectivity index (χ1) is 13.9. The summed E-state index contributed by atoms with van der Waals surface area (Å²) in [5.74, 6) is -0.750. The molecule has 2 aromatic heterocycles. The number of piperidine rings is 1. The molecule has 10 heteroatoms. The lowest BCUT2D eigenvalue weighted by Crippen LogP contribution is -2.37. The zero-order valence-corrected chi connectivity index (χ0v) is 15.9. The Morgan fingerprint density at radius 3 is 2.41 bits per heavy atom. The topological polar surface area (TPSA) is 119 Å². The van der Waals surface area contributed by atoms with E-state index >= 15 is 0 Å². The van der Waals surface area contributed by atoms with Crippen molar-refractivity contribution in [2.75, 3.05) is 13.1 Å². The number of carboxylic acids is 1. The summed E-state index contributed by atoms with van der Waals surface area (Å²) in [5.41, 5.74) is 1.76. The molecule has 3 heterocycles. The molecule has 1 amide bonds. The summed E-state index contributed by atoms with van der Waals surface area (Å²) >= 11 is 1.18. The fraction of sp³-hybridized carbons (Fsp3) is 0.263. The number of hydrogen-bond acceptors (Lipinski definition) is 5. The first-order valence-corrected chi connectivity index (χ1v) is 9.83. The molecule has 3 N–H and O–H groups in total. The highest BCUT2D eigenvalue weighted by molar-refractivity contribution is 7.13. The molecule has 0 aliphatic carbocycles. The van der Waals surface area contributed by atoms with Gasteiger partial charge in [-0.2, -0.15) is 0 Å². The minimum atomic E-state index is -1.11. The van der Waals surface area contributed by atoms with Crippen molar-refractivity contribution in [3.63, 3.8) is 0 Å². The maximum absolute atomic E-state index is 13.4. The Kier molecular flexibility index (Phi) is 5.01. The first-order valence-electron chi connectivity index (χ1n) is 8.95. The average molecular weight is 416 g/mol. The number of aromatic amines is 1. The van der Waals surface area contributed by atoms with Crippen LogP contribution in [0.5, 0.6) is 0 Å². The van der Waals surface area contributed by atoms with E-state index in [0.29, 0.717) is 53.7 Å². The number of nitrogens with zero attached hydrogens (tertiary/aromatic N) is 3. The van der Waals surface area contributed by atoms with E-state index in [-0.39, 0.29) is 17.4 Å². The highest BCUT2D eigenvalue weighted by atomic mass is 32.1. The molecule has 0 radical (unpaired) electrons. The van der Waals surface area contributed by atoms with Crippen molar-refractivity contribution in [2.45, 2.75) is 18.8 Å². The molecule has 1 aliphatic rings. The highest BCUT2D eigenvalue weighted by Crippen LogP contribution is 2.36. The molecule has 3 aromatic rings. The summed E-state index contributed by atoms with van der Waals surface area (Å²) in [7, 11) is 0. The number of likely N-dealkylation sites (tertiary alicyclic amines) is 1. The van der Waals surface area contributed by atoms with Gasteiger partial charge in [0, 0.05) is 30.0 Å². The van der Waals surface area contributed by atoms with Crippen LogP contribution in [-0.2, 0) is 0 Å². The normalized spacial score (nSPS) is 14.9. The van der Waals surface area contributed by atoms with Crippen LogP contribution in [0.4, 0.5) is 9.18 Å². The Balaban J connectivity index is 1.71. The number of nitrogens with one attached hydrogen (secondary N) is 1. The third-order valence-electron chi connectivity index (χ3n) is 4.93. The van der Waals surface area contributed by atoms with E-state index in [9.17, 15) is 14.0 Å². The number of carboxylic acid groups (broad SMARTS) is 2. The SMILES string of the molecule is O=C(O)c1csc(-c2[nH]c(C3CCN(C(=O)O)CC3)nc2-c2ccc(F)cc2)n1. The van der Waals surface area contributed by atoms with Crippen LogP contribution < -0.4 is 0 Å². The molecule has 0 spiro atoms.